The molecule has 0 saturated carbocycles. The van der Waals surface area contributed by atoms with E-state index in [0.29, 0.717) is 0 Å². The van der Waals surface area contributed by atoms with E-state index in [-0.39, 0.29) is 34.3 Å². The van der Waals surface area contributed by atoms with Gasteiger partial charge < -0.3 is 9.47 Å². The van der Waals surface area contributed by atoms with Crippen molar-refractivity contribution in [3.8, 4) is 11.5 Å². The van der Waals surface area contributed by atoms with Gasteiger partial charge in [-0.3, -0.25) is 10.1 Å². The number of hydrogen-bond acceptors (Lipinski definition) is 7. The number of nitro groups is 1. The summed E-state index contributed by atoms with van der Waals surface area (Å²) >= 11 is 0. The van der Waals surface area contributed by atoms with Crippen LogP contribution in [0.3, 0.4) is 0 Å². The van der Waals surface area contributed by atoms with Gasteiger partial charge in [0.15, 0.2) is 18.1 Å². The van der Waals surface area contributed by atoms with Gasteiger partial charge in [0.2, 0.25) is 0 Å². The van der Waals surface area contributed by atoms with Crippen molar-refractivity contribution in [1.82, 2.24) is 0 Å². The highest BCUT2D eigenvalue weighted by Gasteiger charge is 2.32. The normalized spacial score (nSPS) is 16.4. The molecule has 142 valence electrons. The Balaban J connectivity index is 1.90. The summed E-state index contributed by atoms with van der Waals surface area (Å²) in [6.45, 7) is 3.36. The number of hydrogen-bond donors (Lipinski definition) is 0. The molecule has 2 aromatic carbocycles. The summed E-state index contributed by atoms with van der Waals surface area (Å²) in [5.41, 5.74) is 0.905. The van der Waals surface area contributed by atoms with Crippen LogP contribution in [-0.2, 0) is 14.3 Å². The van der Waals surface area contributed by atoms with Crippen molar-refractivity contribution in [3.63, 3.8) is 0 Å². The smallest absolute Gasteiger partial charge is 0.300 e. The highest BCUT2D eigenvalue weighted by Crippen LogP contribution is 2.41. The third-order valence-corrected chi connectivity index (χ3v) is 5.15. The SMILES string of the molecule is C/C=C/c1c([N+](=O)[O-])ccc2c1O[C@H](OS(=O)(=O)c1ccc(C)cc1)CO2. The molecule has 0 aromatic heterocycles. The third kappa shape index (κ3) is 3.93. The molecule has 0 saturated heterocycles. The monoisotopic (exact) mass is 391 g/mol. The zero-order valence-corrected chi connectivity index (χ0v) is 15.4. The summed E-state index contributed by atoms with van der Waals surface area (Å²) in [5.74, 6) is 0.346. The molecule has 0 fully saturated rings. The molecule has 0 radical (unpaired) electrons. The van der Waals surface area contributed by atoms with Gasteiger partial charge in [0.25, 0.3) is 22.1 Å². The Labute approximate surface area is 156 Å². The number of nitro benzene ring substituents is 1. The van der Waals surface area contributed by atoms with Crippen LogP contribution in [0.5, 0.6) is 11.5 Å². The van der Waals surface area contributed by atoms with Crippen LogP contribution >= 0.6 is 0 Å². The summed E-state index contributed by atoms with van der Waals surface area (Å²) in [4.78, 5) is 10.7. The van der Waals surface area contributed by atoms with Gasteiger partial charge in [0, 0.05) is 6.07 Å². The van der Waals surface area contributed by atoms with Crippen molar-refractivity contribution in [1.29, 1.82) is 0 Å². The van der Waals surface area contributed by atoms with Crippen LogP contribution in [0.4, 0.5) is 5.69 Å². The lowest BCUT2D eigenvalue weighted by atomic mass is 10.1. The average Bonchev–Trinajstić information content (AvgIpc) is 2.62. The van der Waals surface area contributed by atoms with E-state index in [0.717, 1.165) is 5.56 Å². The standard InChI is InChI=1S/C18H17NO7S/c1-3-4-14-15(19(20)21)9-10-16-18(14)25-17(11-24-16)26-27(22,23)13-7-5-12(2)6-8-13/h3-10,17H,11H2,1-2H3/b4-3+/t17-/m1/s1. The van der Waals surface area contributed by atoms with Crippen molar-refractivity contribution in [2.45, 2.75) is 25.0 Å². The summed E-state index contributed by atoms with van der Waals surface area (Å²) in [7, 11) is -4.09. The number of allylic oxidation sites excluding steroid dienone is 1. The van der Waals surface area contributed by atoms with Gasteiger partial charge in [-0.05, 0) is 38.1 Å². The maximum absolute atomic E-state index is 12.4. The van der Waals surface area contributed by atoms with Crippen LogP contribution < -0.4 is 9.47 Å². The lowest BCUT2D eigenvalue weighted by Crippen LogP contribution is -2.34. The zero-order chi connectivity index (χ0) is 19.6. The zero-order valence-electron chi connectivity index (χ0n) is 14.6. The topological polar surface area (TPSA) is 105 Å². The summed E-state index contributed by atoms with van der Waals surface area (Å²) in [5, 5.41) is 11.3. The number of fused-ring (bicyclic) bond motifs is 1. The maximum atomic E-state index is 12.4. The molecule has 0 aliphatic carbocycles. The van der Waals surface area contributed by atoms with Gasteiger partial charge in [-0.25, -0.2) is 4.18 Å². The molecule has 2 aromatic rings. The molecule has 0 amide bonds. The fourth-order valence-corrected chi connectivity index (χ4v) is 3.52. The first-order valence-electron chi connectivity index (χ1n) is 8.05. The first kappa shape index (κ1) is 18.9. The second-order valence-corrected chi connectivity index (χ2v) is 7.38. The first-order chi connectivity index (χ1) is 12.8. The number of ether oxygens (including phenoxy) is 2. The van der Waals surface area contributed by atoms with Gasteiger partial charge in [-0.2, -0.15) is 8.42 Å². The van der Waals surface area contributed by atoms with E-state index in [1.54, 1.807) is 25.1 Å². The highest BCUT2D eigenvalue weighted by atomic mass is 32.2. The van der Waals surface area contributed by atoms with Gasteiger partial charge in [-0.1, -0.05) is 23.8 Å². The summed E-state index contributed by atoms with van der Waals surface area (Å²) < 4.78 is 41.1. The van der Waals surface area contributed by atoms with E-state index in [4.69, 9.17) is 13.7 Å². The van der Waals surface area contributed by atoms with Crippen LogP contribution in [0.25, 0.3) is 6.08 Å². The van der Waals surface area contributed by atoms with Gasteiger partial charge in [0.05, 0.1) is 15.4 Å². The Morgan fingerprint density at radius 2 is 1.93 bits per heavy atom. The predicted octanol–water partition coefficient (Wildman–Crippen LogP) is 3.44. The second kappa shape index (κ2) is 7.37. The second-order valence-electron chi connectivity index (χ2n) is 5.80. The van der Waals surface area contributed by atoms with E-state index in [1.165, 1.54) is 30.3 Å². The fraction of sp³-hybridized carbons (Fsp3) is 0.222. The summed E-state index contributed by atoms with van der Waals surface area (Å²) in [6.07, 6.45) is 1.84. The minimum absolute atomic E-state index is 0.0183. The highest BCUT2D eigenvalue weighted by molar-refractivity contribution is 7.86. The van der Waals surface area contributed by atoms with Gasteiger partial charge >= 0.3 is 0 Å². The molecule has 0 N–H and O–H groups in total. The molecular formula is C18H17NO7S. The molecular weight excluding hydrogens is 374 g/mol. The Kier molecular flexibility index (Phi) is 5.15. The molecule has 0 unspecified atom stereocenters. The van der Waals surface area contributed by atoms with Crippen LogP contribution in [0.2, 0.25) is 0 Å². The maximum Gasteiger partial charge on any atom is 0.300 e. The number of nitrogens with zero attached hydrogens (tertiary/aromatic N) is 1. The number of benzene rings is 2. The van der Waals surface area contributed by atoms with E-state index < -0.39 is 21.3 Å². The van der Waals surface area contributed by atoms with E-state index in [1.807, 2.05) is 6.92 Å². The quantitative estimate of drug-likeness (QED) is 0.437. The molecule has 8 nitrogen and oxygen atoms in total. The molecule has 1 aliphatic heterocycles. The van der Waals surface area contributed by atoms with Crippen LogP contribution in [0.15, 0.2) is 47.4 Å². The minimum atomic E-state index is -4.09. The lowest BCUT2D eigenvalue weighted by molar-refractivity contribution is -0.385. The molecule has 0 bridgehead atoms. The minimum Gasteiger partial charge on any atom is -0.483 e. The van der Waals surface area contributed by atoms with Crippen LogP contribution in [-0.4, -0.2) is 26.2 Å². The molecule has 1 heterocycles. The van der Waals surface area contributed by atoms with E-state index in [2.05, 4.69) is 0 Å². The average molecular weight is 391 g/mol. The van der Waals surface area contributed by atoms with E-state index in [9.17, 15) is 18.5 Å². The Morgan fingerprint density at radius 1 is 1.22 bits per heavy atom. The fourth-order valence-electron chi connectivity index (χ4n) is 2.56. The largest absolute Gasteiger partial charge is 0.483 e. The molecule has 27 heavy (non-hydrogen) atoms. The van der Waals surface area contributed by atoms with Gasteiger partial charge in [0.1, 0.15) is 0 Å². The molecule has 1 atom stereocenters. The van der Waals surface area contributed by atoms with Gasteiger partial charge in [-0.15, -0.1) is 0 Å². The number of rotatable bonds is 5. The molecule has 9 heteroatoms. The molecule has 0 spiro atoms. The van der Waals surface area contributed by atoms with Crippen molar-refractivity contribution in [3.05, 3.63) is 63.7 Å². The Bertz CT molecular complexity index is 997. The van der Waals surface area contributed by atoms with Crippen molar-refractivity contribution in [2.75, 3.05) is 6.61 Å². The van der Waals surface area contributed by atoms with Crippen molar-refractivity contribution < 1.29 is 27.0 Å². The first-order valence-corrected chi connectivity index (χ1v) is 9.46. The van der Waals surface area contributed by atoms with E-state index >= 15 is 0 Å². The van der Waals surface area contributed by atoms with Crippen molar-refractivity contribution >= 4 is 21.9 Å². The Hall–Kier alpha value is -2.91. The molecule has 3 rings (SSSR count). The number of aryl methyl sites for hydroxylation is 1. The third-order valence-electron chi connectivity index (χ3n) is 3.83. The Morgan fingerprint density at radius 3 is 2.56 bits per heavy atom. The van der Waals surface area contributed by atoms with Crippen LogP contribution in [0.1, 0.15) is 18.1 Å². The van der Waals surface area contributed by atoms with Crippen molar-refractivity contribution in [2.24, 2.45) is 0 Å². The lowest BCUT2D eigenvalue weighted by Gasteiger charge is -2.26. The van der Waals surface area contributed by atoms with Crippen LogP contribution in [0, 0.1) is 17.0 Å². The predicted molar refractivity (Wildman–Crippen MR) is 97.2 cm³/mol. The molecule has 1 aliphatic rings. The summed E-state index contributed by atoms with van der Waals surface area (Å²) in [6, 6.07) is 8.87.